The number of hydrogen-bond donors (Lipinski definition) is 0. The van der Waals surface area contributed by atoms with Gasteiger partial charge in [0, 0.05) is 18.3 Å². The lowest BCUT2D eigenvalue weighted by atomic mass is 9.96. The molecule has 0 saturated heterocycles. The van der Waals surface area contributed by atoms with Crippen LogP contribution in [0.15, 0.2) is 12.1 Å². The zero-order chi connectivity index (χ0) is 15.0. The van der Waals surface area contributed by atoms with Gasteiger partial charge in [0.25, 0.3) is 0 Å². The van der Waals surface area contributed by atoms with Crippen LogP contribution in [0.1, 0.15) is 27.9 Å². The van der Waals surface area contributed by atoms with Gasteiger partial charge in [0.1, 0.15) is 11.8 Å². The van der Waals surface area contributed by atoms with E-state index in [-0.39, 0.29) is 0 Å². The minimum atomic E-state index is 0.710. The minimum absolute atomic E-state index is 0.710. The fourth-order valence-corrected chi connectivity index (χ4v) is 2.68. The van der Waals surface area contributed by atoms with E-state index in [1.807, 2.05) is 20.0 Å². The summed E-state index contributed by atoms with van der Waals surface area (Å²) in [5.74, 6) is 0.896. The Morgan fingerprint density at radius 3 is 2.25 bits per heavy atom. The third kappa shape index (κ3) is 1.98. The van der Waals surface area contributed by atoms with Gasteiger partial charge >= 0.3 is 0 Å². The van der Waals surface area contributed by atoms with E-state index in [0.717, 1.165) is 33.8 Å². The summed E-state index contributed by atoms with van der Waals surface area (Å²) in [6.07, 6.45) is 0. The molecule has 0 aliphatic rings. The van der Waals surface area contributed by atoms with Crippen LogP contribution in [0.4, 0.5) is 0 Å². The molecule has 1 aromatic heterocycles. The van der Waals surface area contributed by atoms with Crippen LogP contribution in [-0.4, -0.2) is 11.7 Å². The van der Waals surface area contributed by atoms with E-state index in [9.17, 15) is 5.26 Å². The van der Waals surface area contributed by atoms with Crippen molar-refractivity contribution in [1.29, 1.82) is 5.26 Å². The molecule has 0 amide bonds. The molecule has 0 fully saturated rings. The zero-order valence-corrected chi connectivity index (χ0v) is 13.0. The first-order valence-electron chi connectivity index (χ1n) is 6.64. The van der Waals surface area contributed by atoms with Gasteiger partial charge in [-0.3, -0.25) is 0 Å². The van der Waals surface area contributed by atoms with Gasteiger partial charge in [0.2, 0.25) is 0 Å². The Hall–Kier alpha value is -2.21. The number of ether oxygens (including phenoxy) is 1. The summed E-state index contributed by atoms with van der Waals surface area (Å²) in [5.41, 5.74) is 7.30. The van der Waals surface area contributed by atoms with Gasteiger partial charge in [-0.25, -0.2) is 0 Å². The van der Waals surface area contributed by atoms with Crippen LogP contribution in [0, 0.1) is 39.0 Å². The summed E-state index contributed by atoms with van der Waals surface area (Å²) < 4.78 is 7.69. The molecule has 1 aromatic carbocycles. The van der Waals surface area contributed by atoms with Crippen molar-refractivity contribution in [1.82, 2.24) is 4.57 Å². The monoisotopic (exact) mass is 268 g/mol. The molecule has 0 bridgehead atoms. The molecule has 3 heteroatoms. The van der Waals surface area contributed by atoms with Crippen LogP contribution in [-0.2, 0) is 7.05 Å². The molecular weight excluding hydrogens is 248 g/mol. The van der Waals surface area contributed by atoms with Crippen molar-refractivity contribution in [3.63, 3.8) is 0 Å². The maximum atomic E-state index is 9.20. The molecule has 0 aliphatic heterocycles. The molecule has 2 rings (SSSR count). The topological polar surface area (TPSA) is 37.9 Å². The predicted octanol–water partition coefficient (Wildman–Crippen LogP) is 3.81. The first kappa shape index (κ1) is 14.2. The number of rotatable bonds is 2. The fourth-order valence-electron chi connectivity index (χ4n) is 2.68. The molecule has 3 nitrogen and oxygen atoms in total. The molecule has 0 spiro atoms. The summed E-state index contributed by atoms with van der Waals surface area (Å²) in [4.78, 5) is 0. The van der Waals surface area contributed by atoms with Crippen molar-refractivity contribution in [2.75, 3.05) is 7.11 Å². The van der Waals surface area contributed by atoms with Crippen molar-refractivity contribution >= 4 is 0 Å². The number of methoxy groups -OCH3 is 1. The van der Waals surface area contributed by atoms with Gasteiger partial charge in [-0.05, 0) is 50.5 Å². The standard InChI is InChI=1S/C17H20N2O/c1-10-7-11(2)16(17(20-6)12(10)3)15-8-14(9-18)13(4)19(15)5/h7-8H,1-6H3. The third-order valence-corrected chi connectivity index (χ3v) is 4.10. The lowest BCUT2D eigenvalue weighted by Gasteiger charge is -2.17. The second-order valence-electron chi connectivity index (χ2n) is 5.24. The van der Waals surface area contributed by atoms with E-state index in [1.165, 1.54) is 5.56 Å². The number of aromatic nitrogens is 1. The van der Waals surface area contributed by atoms with Crippen molar-refractivity contribution in [2.24, 2.45) is 7.05 Å². The van der Waals surface area contributed by atoms with Crippen molar-refractivity contribution in [3.8, 4) is 23.1 Å². The first-order valence-corrected chi connectivity index (χ1v) is 6.64. The number of hydrogen-bond acceptors (Lipinski definition) is 2. The molecular formula is C17H20N2O. The van der Waals surface area contributed by atoms with Crippen LogP contribution in [0.2, 0.25) is 0 Å². The van der Waals surface area contributed by atoms with Crippen molar-refractivity contribution < 1.29 is 4.74 Å². The molecule has 2 aromatic rings. The van der Waals surface area contributed by atoms with E-state index >= 15 is 0 Å². The largest absolute Gasteiger partial charge is 0.496 e. The Morgan fingerprint density at radius 1 is 1.10 bits per heavy atom. The summed E-state index contributed by atoms with van der Waals surface area (Å²) in [6.45, 7) is 8.20. The third-order valence-electron chi connectivity index (χ3n) is 4.10. The molecule has 0 radical (unpaired) electrons. The van der Waals surface area contributed by atoms with E-state index in [1.54, 1.807) is 7.11 Å². The van der Waals surface area contributed by atoms with Crippen LogP contribution in [0.25, 0.3) is 11.3 Å². The highest BCUT2D eigenvalue weighted by Crippen LogP contribution is 2.38. The van der Waals surface area contributed by atoms with E-state index in [4.69, 9.17) is 4.74 Å². The quantitative estimate of drug-likeness (QED) is 0.830. The summed E-state index contributed by atoms with van der Waals surface area (Å²) in [6, 6.07) is 6.36. The highest BCUT2D eigenvalue weighted by Gasteiger charge is 2.19. The molecule has 0 saturated carbocycles. The second-order valence-corrected chi connectivity index (χ2v) is 5.24. The van der Waals surface area contributed by atoms with Gasteiger partial charge in [0.15, 0.2) is 0 Å². The maximum Gasteiger partial charge on any atom is 0.131 e. The Bertz CT molecular complexity index is 718. The van der Waals surface area contributed by atoms with Crippen LogP contribution < -0.4 is 4.74 Å². The Labute approximate surface area is 120 Å². The normalized spacial score (nSPS) is 10.4. The molecule has 0 unspecified atom stereocenters. The average Bonchev–Trinajstić information content (AvgIpc) is 2.70. The molecule has 0 aliphatic carbocycles. The second kappa shape index (κ2) is 5.05. The molecule has 1 heterocycles. The van der Waals surface area contributed by atoms with Crippen LogP contribution >= 0.6 is 0 Å². The summed E-state index contributed by atoms with van der Waals surface area (Å²) >= 11 is 0. The predicted molar refractivity (Wildman–Crippen MR) is 81.1 cm³/mol. The lowest BCUT2D eigenvalue weighted by Crippen LogP contribution is -2.01. The van der Waals surface area contributed by atoms with Gasteiger partial charge in [0.05, 0.1) is 18.4 Å². The van der Waals surface area contributed by atoms with Gasteiger partial charge < -0.3 is 9.30 Å². The molecule has 104 valence electrons. The fraction of sp³-hybridized carbons (Fsp3) is 0.353. The average molecular weight is 268 g/mol. The first-order chi connectivity index (χ1) is 9.42. The van der Waals surface area contributed by atoms with Crippen molar-refractivity contribution in [3.05, 3.63) is 40.1 Å². The number of nitrogens with zero attached hydrogens (tertiary/aromatic N) is 2. The van der Waals surface area contributed by atoms with Crippen LogP contribution in [0.3, 0.4) is 0 Å². The number of benzene rings is 1. The zero-order valence-electron chi connectivity index (χ0n) is 13.0. The van der Waals surface area contributed by atoms with Crippen LogP contribution in [0.5, 0.6) is 5.75 Å². The highest BCUT2D eigenvalue weighted by molar-refractivity contribution is 5.76. The van der Waals surface area contributed by atoms with Gasteiger partial charge in [-0.1, -0.05) is 6.07 Å². The smallest absolute Gasteiger partial charge is 0.131 e. The highest BCUT2D eigenvalue weighted by atomic mass is 16.5. The molecule has 0 atom stereocenters. The minimum Gasteiger partial charge on any atom is -0.496 e. The molecule has 0 N–H and O–H groups in total. The van der Waals surface area contributed by atoms with Crippen molar-refractivity contribution in [2.45, 2.75) is 27.7 Å². The number of aryl methyl sites for hydroxylation is 2. The molecule has 20 heavy (non-hydrogen) atoms. The van der Waals surface area contributed by atoms with E-state index in [2.05, 4.69) is 37.5 Å². The maximum absolute atomic E-state index is 9.20. The Morgan fingerprint density at radius 2 is 1.75 bits per heavy atom. The number of nitriles is 1. The van der Waals surface area contributed by atoms with E-state index in [0.29, 0.717) is 5.56 Å². The van der Waals surface area contributed by atoms with Gasteiger partial charge in [-0.2, -0.15) is 5.26 Å². The van der Waals surface area contributed by atoms with E-state index < -0.39 is 0 Å². The van der Waals surface area contributed by atoms with Gasteiger partial charge in [-0.15, -0.1) is 0 Å². The SMILES string of the molecule is COc1c(C)c(C)cc(C)c1-c1cc(C#N)c(C)n1C. The Balaban J connectivity index is 2.83. The lowest BCUT2D eigenvalue weighted by molar-refractivity contribution is 0.412. The summed E-state index contributed by atoms with van der Waals surface area (Å²) in [7, 11) is 3.69. The Kier molecular flexibility index (Phi) is 3.59. The summed E-state index contributed by atoms with van der Waals surface area (Å²) in [5, 5.41) is 9.20.